The number of carbonyl (C=O) groups is 2. The number of anilines is 1. The molecule has 2 amide bonds. The molecule has 0 radical (unpaired) electrons. The Morgan fingerprint density at radius 1 is 1.26 bits per heavy atom. The van der Waals surface area contributed by atoms with Crippen molar-refractivity contribution >= 4 is 17.5 Å². The first kappa shape index (κ1) is 19.0. The Morgan fingerprint density at radius 2 is 2.15 bits per heavy atom. The summed E-state index contributed by atoms with van der Waals surface area (Å²) in [4.78, 5) is 28.5. The predicted octanol–water partition coefficient (Wildman–Crippen LogP) is 2.08. The number of amides is 2. The van der Waals surface area contributed by atoms with E-state index in [9.17, 15) is 14.7 Å². The van der Waals surface area contributed by atoms with Crippen LogP contribution in [-0.4, -0.2) is 46.6 Å². The maximum absolute atomic E-state index is 12.4. The van der Waals surface area contributed by atoms with Gasteiger partial charge in [-0.1, -0.05) is 0 Å². The summed E-state index contributed by atoms with van der Waals surface area (Å²) in [6.45, 7) is 1.15. The third-order valence-corrected chi connectivity index (χ3v) is 4.52. The Labute approximate surface area is 158 Å². The lowest BCUT2D eigenvalue weighted by Gasteiger charge is -2.21. The Kier molecular flexibility index (Phi) is 6.49. The van der Waals surface area contributed by atoms with Gasteiger partial charge in [-0.05, 0) is 48.7 Å². The van der Waals surface area contributed by atoms with Gasteiger partial charge in [-0.15, -0.1) is 0 Å². The molecule has 2 aromatic rings. The minimum atomic E-state index is -0.0609. The van der Waals surface area contributed by atoms with E-state index in [1.165, 1.54) is 0 Å². The fraction of sp³-hybridized carbons (Fsp3) is 0.400. The summed E-state index contributed by atoms with van der Waals surface area (Å²) in [6.07, 6.45) is 3.98. The Hall–Kier alpha value is -2.80. The molecule has 144 valence electrons. The Balaban J connectivity index is 1.44. The van der Waals surface area contributed by atoms with Crippen LogP contribution >= 0.6 is 0 Å². The molecule has 2 heterocycles. The zero-order chi connectivity index (χ0) is 19.1. The van der Waals surface area contributed by atoms with Crippen molar-refractivity contribution in [2.75, 3.05) is 25.1 Å². The van der Waals surface area contributed by atoms with Crippen molar-refractivity contribution in [1.29, 1.82) is 0 Å². The number of hydrogen-bond donors (Lipinski definition) is 3. The number of H-pyrrole nitrogens is 1. The second-order valence-electron chi connectivity index (χ2n) is 6.55. The normalized spacial score (nSPS) is 13.0. The van der Waals surface area contributed by atoms with Gasteiger partial charge in [0.15, 0.2) is 0 Å². The summed E-state index contributed by atoms with van der Waals surface area (Å²) in [5, 5.41) is 12.0. The molecule has 1 aromatic heterocycles. The quantitative estimate of drug-likeness (QED) is 0.588. The molecular weight excluding hydrogens is 346 g/mol. The number of carbonyl (C=O) groups excluding carboxylic acids is 2. The van der Waals surface area contributed by atoms with Crippen LogP contribution < -0.4 is 10.1 Å². The predicted molar refractivity (Wildman–Crippen MR) is 101 cm³/mol. The molecule has 7 nitrogen and oxygen atoms in total. The van der Waals surface area contributed by atoms with E-state index in [4.69, 9.17) is 4.74 Å². The van der Waals surface area contributed by atoms with Crippen molar-refractivity contribution in [2.24, 2.45) is 0 Å². The van der Waals surface area contributed by atoms with Gasteiger partial charge in [0.1, 0.15) is 5.75 Å². The van der Waals surface area contributed by atoms with Gasteiger partial charge in [0.25, 0.3) is 0 Å². The van der Waals surface area contributed by atoms with E-state index in [0.29, 0.717) is 45.4 Å². The van der Waals surface area contributed by atoms with Gasteiger partial charge in [0.05, 0.1) is 19.8 Å². The zero-order valence-corrected chi connectivity index (χ0v) is 15.2. The summed E-state index contributed by atoms with van der Waals surface area (Å²) in [7, 11) is 0. The Morgan fingerprint density at radius 3 is 2.93 bits per heavy atom. The van der Waals surface area contributed by atoms with Gasteiger partial charge < -0.3 is 25.0 Å². The number of nitrogens with zero attached hydrogens (tertiary/aromatic N) is 1. The standard InChI is InChI=1S/C20H25N3O4/c24-11-10-23(14-16-3-1-9-21-16)20(26)4-2-12-27-17-6-7-18-15(13-17)5-8-19(25)22-18/h1,3,6-7,9,13,21,24H,2,4-5,8,10-12,14H2,(H,22,25). The van der Waals surface area contributed by atoms with Crippen molar-refractivity contribution in [3.8, 4) is 5.75 Å². The van der Waals surface area contributed by atoms with E-state index in [2.05, 4.69) is 10.3 Å². The van der Waals surface area contributed by atoms with E-state index in [1.54, 1.807) is 4.90 Å². The molecule has 0 unspecified atom stereocenters. The molecule has 27 heavy (non-hydrogen) atoms. The molecule has 0 bridgehead atoms. The molecule has 0 spiro atoms. The molecule has 0 atom stereocenters. The van der Waals surface area contributed by atoms with Crippen molar-refractivity contribution < 1.29 is 19.4 Å². The Bertz CT molecular complexity index is 774. The highest BCUT2D eigenvalue weighted by atomic mass is 16.5. The van der Waals surface area contributed by atoms with Crippen molar-refractivity contribution in [3.05, 3.63) is 47.8 Å². The maximum atomic E-state index is 12.4. The minimum Gasteiger partial charge on any atom is -0.494 e. The molecule has 0 saturated carbocycles. The number of ether oxygens (including phenoxy) is 1. The van der Waals surface area contributed by atoms with Gasteiger partial charge >= 0.3 is 0 Å². The number of hydrogen-bond acceptors (Lipinski definition) is 4. The van der Waals surface area contributed by atoms with Gasteiger partial charge in [-0.3, -0.25) is 9.59 Å². The van der Waals surface area contributed by atoms with Crippen LogP contribution in [0.1, 0.15) is 30.5 Å². The van der Waals surface area contributed by atoms with Crippen molar-refractivity contribution in [1.82, 2.24) is 9.88 Å². The second-order valence-corrected chi connectivity index (χ2v) is 6.55. The SMILES string of the molecule is O=C1CCc2cc(OCCCC(=O)N(CCO)Cc3ccc[nH]3)ccc2N1. The van der Waals surface area contributed by atoms with Crippen LogP contribution in [0.4, 0.5) is 5.69 Å². The molecule has 3 N–H and O–H groups in total. The number of fused-ring (bicyclic) bond motifs is 1. The van der Waals surface area contributed by atoms with E-state index >= 15 is 0 Å². The summed E-state index contributed by atoms with van der Waals surface area (Å²) in [5.74, 6) is 0.785. The first-order valence-electron chi connectivity index (χ1n) is 9.22. The number of aliphatic hydroxyl groups is 1. The summed E-state index contributed by atoms with van der Waals surface area (Å²) < 4.78 is 5.76. The van der Waals surface area contributed by atoms with Crippen LogP contribution in [0, 0.1) is 0 Å². The minimum absolute atomic E-state index is 0.00426. The van der Waals surface area contributed by atoms with Gasteiger partial charge in [0, 0.05) is 37.0 Å². The fourth-order valence-corrected chi connectivity index (χ4v) is 3.11. The highest BCUT2D eigenvalue weighted by molar-refractivity contribution is 5.94. The summed E-state index contributed by atoms with van der Waals surface area (Å²) in [5.41, 5.74) is 2.86. The highest BCUT2D eigenvalue weighted by Crippen LogP contribution is 2.26. The summed E-state index contributed by atoms with van der Waals surface area (Å²) >= 11 is 0. The molecule has 3 rings (SSSR count). The first-order chi connectivity index (χ1) is 13.2. The molecule has 0 saturated heterocycles. The number of aromatic nitrogens is 1. The molecule has 7 heteroatoms. The van der Waals surface area contributed by atoms with Crippen LogP contribution in [-0.2, 0) is 22.6 Å². The summed E-state index contributed by atoms with van der Waals surface area (Å²) in [6, 6.07) is 9.43. The number of rotatable bonds is 9. The lowest BCUT2D eigenvalue weighted by atomic mass is 10.0. The van der Waals surface area contributed by atoms with E-state index < -0.39 is 0 Å². The smallest absolute Gasteiger partial charge is 0.224 e. The van der Waals surface area contributed by atoms with Crippen LogP contribution in [0.5, 0.6) is 5.75 Å². The number of aryl methyl sites for hydroxylation is 1. The van der Waals surface area contributed by atoms with Gasteiger partial charge in [0.2, 0.25) is 11.8 Å². The second kappa shape index (κ2) is 9.23. The van der Waals surface area contributed by atoms with Crippen LogP contribution in [0.2, 0.25) is 0 Å². The highest BCUT2D eigenvalue weighted by Gasteiger charge is 2.16. The fourth-order valence-electron chi connectivity index (χ4n) is 3.11. The average Bonchev–Trinajstić information content (AvgIpc) is 3.18. The third-order valence-electron chi connectivity index (χ3n) is 4.52. The van der Waals surface area contributed by atoms with E-state index in [1.807, 2.05) is 36.5 Å². The lowest BCUT2D eigenvalue weighted by Crippen LogP contribution is -2.33. The molecule has 0 fully saturated rings. The average molecular weight is 371 g/mol. The molecular formula is C20H25N3O4. The number of aliphatic hydroxyl groups excluding tert-OH is 1. The largest absolute Gasteiger partial charge is 0.494 e. The van der Waals surface area contributed by atoms with Crippen LogP contribution in [0.15, 0.2) is 36.5 Å². The molecule has 1 aliphatic rings. The number of benzene rings is 1. The molecule has 1 aromatic carbocycles. The number of aromatic amines is 1. The van der Waals surface area contributed by atoms with Crippen molar-refractivity contribution in [2.45, 2.75) is 32.2 Å². The van der Waals surface area contributed by atoms with Crippen LogP contribution in [0.3, 0.4) is 0 Å². The topological polar surface area (TPSA) is 94.7 Å². The van der Waals surface area contributed by atoms with Crippen molar-refractivity contribution in [3.63, 3.8) is 0 Å². The first-order valence-corrected chi connectivity index (χ1v) is 9.22. The lowest BCUT2D eigenvalue weighted by molar-refractivity contribution is -0.132. The zero-order valence-electron chi connectivity index (χ0n) is 15.2. The molecule has 0 aliphatic carbocycles. The monoisotopic (exact) mass is 371 g/mol. The maximum Gasteiger partial charge on any atom is 0.224 e. The number of nitrogens with one attached hydrogen (secondary N) is 2. The van der Waals surface area contributed by atoms with Gasteiger partial charge in [-0.25, -0.2) is 0 Å². The van der Waals surface area contributed by atoms with Gasteiger partial charge in [-0.2, -0.15) is 0 Å². The third kappa shape index (κ3) is 5.34. The van der Waals surface area contributed by atoms with Crippen LogP contribution in [0.25, 0.3) is 0 Å². The van der Waals surface area contributed by atoms with E-state index in [0.717, 1.165) is 22.7 Å². The molecule has 1 aliphatic heterocycles. The van der Waals surface area contributed by atoms with E-state index in [-0.39, 0.29) is 18.4 Å².